The highest BCUT2D eigenvalue weighted by atomic mass is 32.2. The van der Waals surface area contributed by atoms with E-state index in [0.717, 1.165) is 22.9 Å². The van der Waals surface area contributed by atoms with Crippen LogP contribution in [0.2, 0.25) is 0 Å². The third-order valence-corrected chi connectivity index (χ3v) is 6.68. The van der Waals surface area contributed by atoms with Gasteiger partial charge >= 0.3 is 24.1 Å². The second kappa shape index (κ2) is 13.0. The SMILES string of the molecule is C=CCOC(=O)O[C@@H]1C(OC(C)=O)S[C@H](COC(=O)c2ccc(C)cc2)[C@@H]1OC(=O)c1ccc(C)cc1. The van der Waals surface area contributed by atoms with Gasteiger partial charge in [-0.3, -0.25) is 4.79 Å². The highest BCUT2D eigenvalue weighted by molar-refractivity contribution is 8.00. The zero-order valence-electron chi connectivity index (χ0n) is 20.7. The maximum Gasteiger partial charge on any atom is 0.509 e. The van der Waals surface area contributed by atoms with E-state index in [9.17, 15) is 19.2 Å². The molecule has 196 valence electrons. The van der Waals surface area contributed by atoms with E-state index < -0.39 is 47.0 Å². The molecule has 1 unspecified atom stereocenters. The van der Waals surface area contributed by atoms with Crippen molar-refractivity contribution in [2.45, 2.75) is 43.7 Å². The summed E-state index contributed by atoms with van der Waals surface area (Å²) in [6.45, 7) is 8.13. The fraction of sp³-hybridized carbons (Fsp3) is 0.333. The molecule has 1 aliphatic rings. The highest BCUT2D eigenvalue weighted by Gasteiger charge is 2.52. The molecular formula is C27H28O9S. The zero-order chi connectivity index (χ0) is 26.9. The number of hydrogen-bond donors (Lipinski definition) is 0. The topological polar surface area (TPSA) is 114 Å². The Morgan fingerprint density at radius 1 is 0.811 bits per heavy atom. The van der Waals surface area contributed by atoms with Crippen molar-refractivity contribution in [2.24, 2.45) is 0 Å². The summed E-state index contributed by atoms with van der Waals surface area (Å²) in [5.41, 5.74) is 1.52. The Morgan fingerprint density at radius 3 is 1.92 bits per heavy atom. The van der Waals surface area contributed by atoms with E-state index in [1.165, 1.54) is 13.0 Å². The summed E-state index contributed by atoms with van der Waals surface area (Å²) >= 11 is 1.05. The number of carbonyl (C=O) groups is 4. The summed E-state index contributed by atoms with van der Waals surface area (Å²) in [6, 6.07) is 13.5. The number of aryl methyl sites for hydroxylation is 2. The molecule has 3 rings (SSSR count). The van der Waals surface area contributed by atoms with E-state index >= 15 is 0 Å². The third kappa shape index (κ3) is 7.85. The molecule has 0 bridgehead atoms. The second-order valence-electron chi connectivity index (χ2n) is 8.28. The van der Waals surface area contributed by atoms with Crippen molar-refractivity contribution in [3.8, 4) is 0 Å². The van der Waals surface area contributed by atoms with Gasteiger partial charge in [0.15, 0.2) is 17.6 Å². The Labute approximate surface area is 219 Å². The van der Waals surface area contributed by atoms with Crippen LogP contribution >= 0.6 is 11.8 Å². The predicted molar refractivity (Wildman–Crippen MR) is 135 cm³/mol. The van der Waals surface area contributed by atoms with Crippen LogP contribution in [0.15, 0.2) is 61.2 Å². The minimum absolute atomic E-state index is 0.109. The number of ether oxygens (including phenoxy) is 5. The molecule has 0 spiro atoms. The maximum absolute atomic E-state index is 12.9. The van der Waals surface area contributed by atoms with Gasteiger partial charge in [0.25, 0.3) is 0 Å². The average Bonchev–Trinajstić information content (AvgIpc) is 3.16. The van der Waals surface area contributed by atoms with Crippen molar-refractivity contribution in [1.29, 1.82) is 0 Å². The van der Waals surface area contributed by atoms with Gasteiger partial charge in [-0.1, -0.05) is 48.0 Å². The number of benzene rings is 2. The van der Waals surface area contributed by atoms with Crippen molar-refractivity contribution >= 4 is 35.8 Å². The summed E-state index contributed by atoms with van der Waals surface area (Å²) in [5.74, 6) is -1.90. The van der Waals surface area contributed by atoms with Crippen LogP contribution in [0.1, 0.15) is 38.8 Å². The summed E-state index contributed by atoms with van der Waals surface area (Å²) in [7, 11) is 0. The lowest BCUT2D eigenvalue weighted by Gasteiger charge is -2.25. The van der Waals surface area contributed by atoms with Gasteiger partial charge < -0.3 is 23.7 Å². The molecule has 0 aromatic heterocycles. The molecule has 0 radical (unpaired) electrons. The van der Waals surface area contributed by atoms with Crippen LogP contribution in [0.25, 0.3) is 0 Å². The molecule has 0 saturated carbocycles. The van der Waals surface area contributed by atoms with Crippen LogP contribution in [0, 0.1) is 13.8 Å². The minimum atomic E-state index is -1.22. The molecule has 37 heavy (non-hydrogen) atoms. The highest BCUT2D eigenvalue weighted by Crippen LogP contribution is 2.40. The van der Waals surface area contributed by atoms with Gasteiger partial charge in [-0.15, -0.1) is 11.8 Å². The molecule has 1 aliphatic heterocycles. The molecule has 2 aromatic rings. The largest absolute Gasteiger partial charge is 0.509 e. The first-order chi connectivity index (χ1) is 17.7. The molecule has 1 fully saturated rings. The van der Waals surface area contributed by atoms with Gasteiger partial charge in [0, 0.05) is 6.92 Å². The first-order valence-corrected chi connectivity index (χ1v) is 12.4. The van der Waals surface area contributed by atoms with E-state index in [-0.39, 0.29) is 18.8 Å². The molecule has 0 aliphatic carbocycles. The minimum Gasteiger partial charge on any atom is -0.461 e. The zero-order valence-corrected chi connectivity index (χ0v) is 21.5. The molecule has 9 nitrogen and oxygen atoms in total. The second-order valence-corrected chi connectivity index (χ2v) is 9.63. The molecular weight excluding hydrogens is 500 g/mol. The van der Waals surface area contributed by atoms with Crippen LogP contribution in [0.4, 0.5) is 4.79 Å². The lowest BCUT2D eigenvalue weighted by atomic mass is 10.1. The monoisotopic (exact) mass is 528 g/mol. The van der Waals surface area contributed by atoms with E-state index in [1.807, 2.05) is 13.8 Å². The van der Waals surface area contributed by atoms with E-state index in [1.54, 1.807) is 48.5 Å². The molecule has 4 atom stereocenters. The number of thioether (sulfide) groups is 1. The lowest BCUT2D eigenvalue weighted by Crippen LogP contribution is -2.42. The Balaban J connectivity index is 1.83. The third-order valence-electron chi connectivity index (χ3n) is 5.30. The molecule has 1 saturated heterocycles. The molecule has 1 heterocycles. The Kier molecular flexibility index (Phi) is 9.73. The van der Waals surface area contributed by atoms with Crippen LogP contribution in [0.5, 0.6) is 0 Å². The molecule has 2 aromatic carbocycles. The van der Waals surface area contributed by atoms with Crippen molar-refractivity contribution in [1.82, 2.24) is 0 Å². The van der Waals surface area contributed by atoms with Gasteiger partial charge in [0.2, 0.25) is 0 Å². The quantitative estimate of drug-likeness (QED) is 0.264. The standard InChI is InChI=1S/C27H28O9S/c1-5-14-32-27(31)36-23-22(35-25(30)20-12-8-17(3)9-13-20)21(37-26(23)34-18(4)28)15-33-24(29)19-10-6-16(2)7-11-19/h5-13,21-23,26H,1,14-15H2,2-4H3/t21-,22+,23+,26?/m1/s1. The van der Waals surface area contributed by atoms with Gasteiger partial charge in [-0.05, 0) is 38.1 Å². The molecule has 0 amide bonds. The van der Waals surface area contributed by atoms with Crippen molar-refractivity contribution in [3.05, 3.63) is 83.4 Å². The van der Waals surface area contributed by atoms with Crippen molar-refractivity contribution in [3.63, 3.8) is 0 Å². The first-order valence-electron chi connectivity index (χ1n) is 11.5. The normalized spacial score (nSPS) is 20.4. The van der Waals surface area contributed by atoms with Gasteiger partial charge in [-0.25, -0.2) is 14.4 Å². The van der Waals surface area contributed by atoms with E-state index in [0.29, 0.717) is 5.56 Å². The molecule has 0 N–H and O–H groups in total. The average molecular weight is 529 g/mol. The number of carbonyl (C=O) groups excluding carboxylic acids is 4. The van der Waals surface area contributed by atoms with E-state index in [2.05, 4.69) is 6.58 Å². The van der Waals surface area contributed by atoms with Crippen LogP contribution in [0.3, 0.4) is 0 Å². The van der Waals surface area contributed by atoms with Gasteiger partial charge in [0.1, 0.15) is 13.2 Å². The maximum atomic E-state index is 12.9. The molecule has 10 heteroatoms. The number of hydrogen-bond acceptors (Lipinski definition) is 10. The van der Waals surface area contributed by atoms with Crippen molar-refractivity contribution in [2.75, 3.05) is 13.2 Å². The smallest absolute Gasteiger partial charge is 0.461 e. The Hall–Kier alpha value is -3.79. The van der Waals surface area contributed by atoms with Crippen molar-refractivity contribution < 1.29 is 42.9 Å². The fourth-order valence-electron chi connectivity index (χ4n) is 3.44. The predicted octanol–water partition coefficient (Wildman–Crippen LogP) is 4.40. The number of esters is 3. The lowest BCUT2D eigenvalue weighted by molar-refractivity contribution is -0.149. The summed E-state index contributed by atoms with van der Waals surface area (Å²) in [5, 5.41) is -0.717. The summed E-state index contributed by atoms with van der Waals surface area (Å²) < 4.78 is 26.9. The van der Waals surface area contributed by atoms with Crippen LogP contribution in [-0.4, -0.2) is 60.2 Å². The van der Waals surface area contributed by atoms with Crippen LogP contribution in [-0.2, 0) is 28.5 Å². The van der Waals surface area contributed by atoms with Gasteiger partial charge in [0.05, 0.1) is 16.4 Å². The van der Waals surface area contributed by atoms with Crippen LogP contribution < -0.4 is 0 Å². The van der Waals surface area contributed by atoms with E-state index in [4.69, 9.17) is 23.7 Å². The first kappa shape index (κ1) is 27.8. The summed E-state index contributed by atoms with van der Waals surface area (Å²) in [4.78, 5) is 49.5. The van der Waals surface area contributed by atoms with Gasteiger partial charge in [-0.2, -0.15) is 0 Å². The summed E-state index contributed by atoms with van der Waals surface area (Å²) in [6.07, 6.45) is -2.04. The Bertz CT molecular complexity index is 1130. The fourth-order valence-corrected chi connectivity index (χ4v) is 4.85. The Morgan fingerprint density at radius 2 is 1.38 bits per heavy atom. The number of rotatable bonds is 9.